The molecule has 8 nitrogen and oxygen atoms in total. The van der Waals surface area contributed by atoms with Crippen molar-refractivity contribution in [3.05, 3.63) is 69.8 Å². The summed E-state index contributed by atoms with van der Waals surface area (Å²) in [7, 11) is 0. The third kappa shape index (κ3) is 5.17. The molecule has 2 aromatic rings. The first-order chi connectivity index (χ1) is 14.0. The molecule has 1 heterocycles. The maximum absolute atomic E-state index is 12.8. The Bertz CT molecular complexity index is 873. The number of non-ortho nitro benzene ring substituents is 1. The fourth-order valence-corrected chi connectivity index (χ4v) is 3.28. The van der Waals surface area contributed by atoms with Crippen LogP contribution < -0.4 is 10.6 Å². The molecule has 8 heteroatoms. The van der Waals surface area contributed by atoms with Crippen molar-refractivity contribution < 1.29 is 14.5 Å². The van der Waals surface area contributed by atoms with E-state index in [0.29, 0.717) is 17.8 Å². The summed E-state index contributed by atoms with van der Waals surface area (Å²) in [5.41, 5.74) is 1.75. The third-order valence-electron chi connectivity index (χ3n) is 5.03. The van der Waals surface area contributed by atoms with E-state index in [2.05, 4.69) is 10.6 Å². The van der Waals surface area contributed by atoms with Gasteiger partial charge in [0.15, 0.2) is 0 Å². The number of hydrogen-bond donors (Lipinski definition) is 2. The first kappa shape index (κ1) is 20.5. The van der Waals surface area contributed by atoms with Crippen LogP contribution in [0.1, 0.15) is 35.2 Å². The monoisotopic (exact) mass is 396 g/mol. The molecule has 1 saturated heterocycles. The van der Waals surface area contributed by atoms with E-state index in [4.69, 9.17) is 0 Å². The first-order valence-electron chi connectivity index (χ1n) is 9.61. The van der Waals surface area contributed by atoms with Crippen molar-refractivity contribution in [2.75, 3.05) is 31.5 Å². The van der Waals surface area contributed by atoms with Crippen LogP contribution in [0.25, 0.3) is 0 Å². The van der Waals surface area contributed by atoms with Crippen LogP contribution in [0.5, 0.6) is 0 Å². The van der Waals surface area contributed by atoms with Crippen molar-refractivity contribution in [2.24, 2.45) is 0 Å². The smallest absolute Gasteiger partial charge is 0.269 e. The molecule has 2 aromatic carbocycles. The lowest BCUT2D eigenvalue weighted by Crippen LogP contribution is -2.36. The number of anilines is 1. The zero-order chi connectivity index (χ0) is 20.8. The molecule has 2 N–H and O–H groups in total. The van der Waals surface area contributed by atoms with E-state index in [9.17, 15) is 19.7 Å². The summed E-state index contributed by atoms with van der Waals surface area (Å²) in [6.07, 6.45) is 0.950. The van der Waals surface area contributed by atoms with E-state index in [0.717, 1.165) is 31.6 Å². The van der Waals surface area contributed by atoms with Crippen LogP contribution in [0.4, 0.5) is 11.4 Å². The highest BCUT2D eigenvalue weighted by Crippen LogP contribution is 2.21. The molecule has 29 heavy (non-hydrogen) atoms. The summed E-state index contributed by atoms with van der Waals surface area (Å²) >= 11 is 0. The van der Waals surface area contributed by atoms with E-state index in [1.807, 2.05) is 24.0 Å². The van der Waals surface area contributed by atoms with Gasteiger partial charge in [0, 0.05) is 43.0 Å². The molecule has 152 valence electrons. The van der Waals surface area contributed by atoms with Crippen molar-refractivity contribution in [3.63, 3.8) is 0 Å². The summed E-state index contributed by atoms with van der Waals surface area (Å²) in [5, 5.41) is 16.8. The summed E-state index contributed by atoms with van der Waals surface area (Å²) in [6, 6.07) is 12.6. The average Bonchev–Trinajstić information content (AvgIpc) is 3.03. The molecule has 0 aliphatic carbocycles. The molecule has 1 fully saturated rings. The highest BCUT2D eigenvalue weighted by atomic mass is 16.6. The van der Waals surface area contributed by atoms with Crippen molar-refractivity contribution in [3.8, 4) is 0 Å². The highest BCUT2D eigenvalue weighted by Gasteiger charge is 2.22. The molecule has 1 aliphatic heterocycles. The second-order valence-corrected chi connectivity index (χ2v) is 7.03. The van der Waals surface area contributed by atoms with Crippen LogP contribution in [0.15, 0.2) is 48.5 Å². The number of hydrogen-bond acceptors (Lipinski definition) is 5. The van der Waals surface area contributed by atoms with Gasteiger partial charge in [0.25, 0.3) is 11.6 Å². The zero-order valence-electron chi connectivity index (χ0n) is 16.3. The van der Waals surface area contributed by atoms with Crippen LogP contribution in [0.2, 0.25) is 0 Å². The van der Waals surface area contributed by atoms with Crippen molar-refractivity contribution in [1.82, 2.24) is 10.2 Å². The van der Waals surface area contributed by atoms with Crippen LogP contribution in [-0.2, 0) is 4.79 Å². The van der Waals surface area contributed by atoms with E-state index in [1.54, 1.807) is 12.1 Å². The maximum Gasteiger partial charge on any atom is 0.269 e. The van der Waals surface area contributed by atoms with Crippen molar-refractivity contribution in [1.29, 1.82) is 0 Å². The second kappa shape index (κ2) is 9.29. The number of nitrogens with zero attached hydrogens (tertiary/aromatic N) is 2. The molecular weight excluding hydrogens is 372 g/mol. The Hall–Kier alpha value is -3.26. The molecule has 1 unspecified atom stereocenters. The maximum atomic E-state index is 12.8. The van der Waals surface area contributed by atoms with E-state index < -0.39 is 4.92 Å². The van der Waals surface area contributed by atoms with Gasteiger partial charge >= 0.3 is 0 Å². The molecule has 0 saturated carbocycles. The minimum Gasteiger partial charge on any atom is -0.341 e. The van der Waals surface area contributed by atoms with E-state index in [1.165, 1.54) is 24.3 Å². The van der Waals surface area contributed by atoms with Gasteiger partial charge in [0.1, 0.15) is 0 Å². The number of carbonyl (C=O) groups is 2. The molecule has 1 atom stereocenters. The lowest BCUT2D eigenvalue weighted by Gasteiger charge is -2.24. The Morgan fingerprint density at radius 1 is 1.07 bits per heavy atom. The third-order valence-corrected chi connectivity index (χ3v) is 5.03. The van der Waals surface area contributed by atoms with Gasteiger partial charge in [-0.05, 0) is 49.7 Å². The quantitative estimate of drug-likeness (QED) is 0.597. The van der Waals surface area contributed by atoms with Crippen LogP contribution >= 0.6 is 0 Å². The second-order valence-electron chi connectivity index (χ2n) is 7.03. The predicted molar refractivity (Wildman–Crippen MR) is 110 cm³/mol. The Balaban J connectivity index is 1.62. The van der Waals surface area contributed by atoms with Crippen molar-refractivity contribution >= 4 is 23.2 Å². The van der Waals surface area contributed by atoms with Crippen molar-refractivity contribution in [2.45, 2.75) is 19.3 Å². The molecule has 3 rings (SSSR count). The lowest BCUT2D eigenvalue weighted by atomic mass is 9.99. The minimum absolute atomic E-state index is 0.0650. The van der Waals surface area contributed by atoms with Gasteiger partial charge in [-0.15, -0.1) is 0 Å². The fraction of sp³-hybridized carbons (Fsp3) is 0.333. The van der Waals surface area contributed by atoms with Gasteiger partial charge in [0.2, 0.25) is 5.91 Å². The number of nitro benzene ring substituents is 1. The van der Waals surface area contributed by atoms with Gasteiger partial charge in [-0.25, -0.2) is 0 Å². The molecular formula is C21H24N4O4. The summed E-state index contributed by atoms with van der Waals surface area (Å²) < 4.78 is 0. The summed E-state index contributed by atoms with van der Waals surface area (Å²) in [6.45, 7) is 5.12. The molecule has 2 amide bonds. The summed E-state index contributed by atoms with van der Waals surface area (Å²) in [5.74, 6) is -0.502. The molecule has 0 aromatic heterocycles. The predicted octanol–water partition coefficient (Wildman–Crippen LogP) is 2.77. The number of carbonyl (C=O) groups excluding carboxylic acids is 2. The standard InChI is InChI=1S/C21H24N4O4/c1-15(21(27)24-13-2-11-22-12-14-24)16-3-7-18(8-4-16)23-20(26)17-5-9-19(10-6-17)25(28)29/h3-10,15,22H,2,11-14H2,1H3,(H,23,26). The van der Waals surface area contributed by atoms with Gasteiger partial charge in [0.05, 0.1) is 10.8 Å². The number of amides is 2. The Morgan fingerprint density at radius 3 is 2.41 bits per heavy atom. The zero-order valence-corrected chi connectivity index (χ0v) is 16.3. The minimum atomic E-state index is -0.509. The average molecular weight is 396 g/mol. The van der Waals surface area contributed by atoms with E-state index >= 15 is 0 Å². The molecule has 0 radical (unpaired) electrons. The Kier molecular flexibility index (Phi) is 6.56. The fourth-order valence-electron chi connectivity index (χ4n) is 3.28. The number of nitrogens with one attached hydrogen (secondary N) is 2. The number of benzene rings is 2. The number of nitro groups is 1. The van der Waals surface area contributed by atoms with Crippen LogP contribution in [0.3, 0.4) is 0 Å². The normalized spacial score (nSPS) is 15.3. The molecule has 0 spiro atoms. The number of rotatable bonds is 5. The lowest BCUT2D eigenvalue weighted by molar-refractivity contribution is -0.384. The summed E-state index contributed by atoms with van der Waals surface area (Å²) in [4.78, 5) is 37.2. The van der Waals surface area contributed by atoms with Crippen LogP contribution in [-0.4, -0.2) is 47.8 Å². The Labute approximate surface area is 169 Å². The molecule has 1 aliphatic rings. The molecule has 0 bridgehead atoms. The Morgan fingerprint density at radius 2 is 1.76 bits per heavy atom. The SMILES string of the molecule is CC(C(=O)N1CCCNCC1)c1ccc(NC(=O)c2ccc([N+](=O)[O-])cc2)cc1. The topological polar surface area (TPSA) is 105 Å². The largest absolute Gasteiger partial charge is 0.341 e. The first-order valence-corrected chi connectivity index (χ1v) is 9.61. The van der Waals surface area contributed by atoms with Crippen LogP contribution in [0, 0.1) is 10.1 Å². The van der Waals surface area contributed by atoms with Gasteiger partial charge in [-0.1, -0.05) is 12.1 Å². The van der Waals surface area contributed by atoms with Gasteiger partial charge < -0.3 is 15.5 Å². The highest BCUT2D eigenvalue weighted by molar-refractivity contribution is 6.04. The van der Waals surface area contributed by atoms with E-state index in [-0.39, 0.29) is 23.4 Å². The van der Waals surface area contributed by atoms with Gasteiger partial charge in [-0.2, -0.15) is 0 Å². The van der Waals surface area contributed by atoms with Gasteiger partial charge in [-0.3, -0.25) is 19.7 Å².